The number of nitrogens with one attached hydrogen (secondary N) is 1. The third-order valence-corrected chi connectivity index (χ3v) is 0.888. The van der Waals surface area contributed by atoms with Crippen molar-refractivity contribution in [3.8, 4) is 0 Å². The first-order valence-corrected chi connectivity index (χ1v) is 2.26. The van der Waals surface area contributed by atoms with E-state index < -0.39 is 0 Å². The first-order chi connectivity index (χ1) is 3.29. The summed E-state index contributed by atoms with van der Waals surface area (Å²) in [5.41, 5.74) is 5.93. The Labute approximate surface area is 46.3 Å². The first kappa shape index (κ1) is 4.53. The van der Waals surface area contributed by atoms with Gasteiger partial charge in [-0.3, -0.25) is 0 Å². The molecule has 3 N–H and O–H groups in total. The number of aromatic nitrogens is 1. The van der Waals surface area contributed by atoms with Gasteiger partial charge >= 0.3 is 0 Å². The van der Waals surface area contributed by atoms with Crippen LogP contribution in [0.4, 0.5) is 5.69 Å². The van der Waals surface area contributed by atoms with E-state index in [0.29, 0.717) is 10.8 Å². The Kier molecular flexibility index (Phi) is 0.947. The maximum atomic E-state index is 5.42. The van der Waals surface area contributed by atoms with Gasteiger partial charge in [0.2, 0.25) is 0 Å². The van der Waals surface area contributed by atoms with Crippen LogP contribution in [0.15, 0.2) is 12.3 Å². The lowest BCUT2D eigenvalue weighted by Gasteiger charge is -1.70. The molecule has 1 aromatic heterocycles. The summed E-state index contributed by atoms with van der Waals surface area (Å²) >= 11 is 5.42. The van der Waals surface area contributed by atoms with Gasteiger partial charge in [0.1, 0.15) is 5.15 Å². The van der Waals surface area contributed by atoms with Crippen molar-refractivity contribution >= 4 is 17.3 Å². The third-order valence-electron chi connectivity index (χ3n) is 0.670. The van der Waals surface area contributed by atoms with Gasteiger partial charge < -0.3 is 10.7 Å². The number of anilines is 1. The van der Waals surface area contributed by atoms with Gasteiger partial charge in [-0.15, -0.1) is 0 Å². The summed E-state index contributed by atoms with van der Waals surface area (Å²) in [6.07, 6.45) is 1.64. The molecule has 0 aliphatic rings. The van der Waals surface area contributed by atoms with Gasteiger partial charge in [0.15, 0.2) is 0 Å². The van der Waals surface area contributed by atoms with Crippen molar-refractivity contribution in [2.45, 2.75) is 0 Å². The fraction of sp³-hybridized carbons (Fsp3) is 0. The van der Waals surface area contributed by atoms with Crippen molar-refractivity contribution in [3.05, 3.63) is 17.4 Å². The maximum absolute atomic E-state index is 5.42. The third kappa shape index (κ3) is 0.871. The van der Waals surface area contributed by atoms with Gasteiger partial charge in [-0.05, 0) is 6.07 Å². The predicted molar refractivity (Wildman–Crippen MR) is 30.2 cm³/mol. The second-order valence-electron chi connectivity index (χ2n) is 1.28. The summed E-state index contributed by atoms with van der Waals surface area (Å²) < 4.78 is 0. The Balaban J connectivity index is 3.04. The van der Waals surface area contributed by atoms with Crippen molar-refractivity contribution in [3.63, 3.8) is 0 Å². The number of nitrogen functional groups attached to an aromatic ring is 1. The Morgan fingerprint density at radius 1 is 1.71 bits per heavy atom. The molecule has 1 aromatic rings. The van der Waals surface area contributed by atoms with Crippen LogP contribution in [0.5, 0.6) is 0 Å². The molecule has 0 saturated heterocycles. The van der Waals surface area contributed by atoms with E-state index in [0.717, 1.165) is 0 Å². The molecule has 0 saturated carbocycles. The molecule has 1 rings (SSSR count). The van der Waals surface area contributed by atoms with E-state index >= 15 is 0 Å². The predicted octanol–water partition coefficient (Wildman–Crippen LogP) is 1.25. The minimum absolute atomic E-state index is 0.581. The van der Waals surface area contributed by atoms with Crippen LogP contribution in [0, 0.1) is 0 Å². The van der Waals surface area contributed by atoms with Crippen LogP contribution < -0.4 is 5.73 Å². The van der Waals surface area contributed by atoms with E-state index in [4.69, 9.17) is 17.3 Å². The van der Waals surface area contributed by atoms with Crippen LogP contribution in [0.3, 0.4) is 0 Å². The summed E-state index contributed by atoms with van der Waals surface area (Å²) in [6.45, 7) is 0. The molecule has 0 atom stereocenters. The van der Waals surface area contributed by atoms with Crippen LogP contribution in [0.1, 0.15) is 0 Å². The molecule has 3 heteroatoms. The number of nitrogens with two attached hydrogens (primary N) is 1. The zero-order valence-corrected chi connectivity index (χ0v) is 4.37. The zero-order valence-electron chi connectivity index (χ0n) is 3.61. The fourth-order valence-corrected chi connectivity index (χ4v) is 0.562. The molecule has 0 aliphatic heterocycles. The number of hydrogen-bond acceptors (Lipinski definition) is 1. The van der Waals surface area contributed by atoms with E-state index in [-0.39, 0.29) is 0 Å². The van der Waals surface area contributed by atoms with E-state index in [1.165, 1.54) is 0 Å². The Morgan fingerprint density at radius 2 is 2.43 bits per heavy atom. The highest BCUT2D eigenvalue weighted by atomic mass is 35.5. The fourth-order valence-electron chi connectivity index (χ4n) is 0.382. The van der Waals surface area contributed by atoms with Crippen LogP contribution in [0.25, 0.3) is 0 Å². The molecule has 0 radical (unpaired) electrons. The Bertz CT molecular complexity index is 142. The molecule has 0 aliphatic carbocycles. The molecule has 0 unspecified atom stereocenters. The molecular formula is C4H5ClN2. The van der Waals surface area contributed by atoms with E-state index in [1.807, 2.05) is 0 Å². The van der Waals surface area contributed by atoms with Crippen LogP contribution in [-0.2, 0) is 0 Å². The summed E-state index contributed by atoms with van der Waals surface area (Å²) in [4.78, 5) is 2.71. The molecule has 38 valence electrons. The molecule has 1 heterocycles. The number of aromatic amines is 1. The van der Waals surface area contributed by atoms with Gasteiger partial charge in [-0.25, -0.2) is 0 Å². The van der Waals surface area contributed by atoms with Crippen molar-refractivity contribution in [2.24, 2.45) is 0 Å². The van der Waals surface area contributed by atoms with Crippen molar-refractivity contribution in [1.29, 1.82) is 0 Å². The van der Waals surface area contributed by atoms with Crippen molar-refractivity contribution in [2.75, 3.05) is 5.73 Å². The molecule has 0 fully saturated rings. The van der Waals surface area contributed by atoms with Crippen LogP contribution in [-0.4, -0.2) is 4.98 Å². The van der Waals surface area contributed by atoms with Gasteiger partial charge in [-0.1, -0.05) is 11.6 Å². The van der Waals surface area contributed by atoms with E-state index in [2.05, 4.69) is 4.98 Å². The standard InChI is InChI=1S/C4H5ClN2/c5-4-1-3(6)2-7-4/h1-2,7H,6H2. The van der Waals surface area contributed by atoms with Crippen molar-refractivity contribution < 1.29 is 0 Å². The molecule has 2 nitrogen and oxygen atoms in total. The molecular weight excluding hydrogens is 112 g/mol. The largest absolute Gasteiger partial charge is 0.397 e. The summed E-state index contributed by atoms with van der Waals surface area (Å²) in [7, 11) is 0. The average molecular weight is 117 g/mol. The average Bonchev–Trinajstić information content (AvgIpc) is 1.87. The molecule has 0 spiro atoms. The minimum atomic E-state index is 0.581. The van der Waals surface area contributed by atoms with Crippen LogP contribution in [0.2, 0.25) is 5.15 Å². The lowest BCUT2D eigenvalue weighted by atomic mass is 10.6. The van der Waals surface area contributed by atoms with Gasteiger partial charge in [0, 0.05) is 6.20 Å². The molecule has 7 heavy (non-hydrogen) atoms. The van der Waals surface area contributed by atoms with Gasteiger partial charge in [0.05, 0.1) is 5.69 Å². The number of halogens is 1. The minimum Gasteiger partial charge on any atom is -0.397 e. The van der Waals surface area contributed by atoms with Gasteiger partial charge in [-0.2, -0.15) is 0 Å². The summed E-state index contributed by atoms with van der Waals surface area (Å²) in [6, 6.07) is 1.65. The number of rotatable bonds is 0. The second kappa shape index (κ2) is 1.46. The monoisotopic (exact) mass is 116 g/mol. The molecule has 0 bridgehead atoms. The maximum Gasteiger partial charge on any atom is 0.108 e. The van der Waals surface area contributed by atoms with E-state index in [9.17, 15) is 0 Å². The SMILES string of the molecule is Nc1c[nH]c(Cl)c1. The smallest absolute Gasteiger partial charge is 0.108 e. The highest BCUT2D eigenvalue weighted by molar-refractivity contribution is 6.29. The van der Waals surface area contributed by atoms with Crippen molar-refractivity contribution in [1.82, 2.24) is 4.98 Å². The molecule has 0 amide bonds. The normalized spacial score (nSPS) is 9.29. The lowest BCUT2D eigenvalue weighted by Crippen LogP contribution is -1.75. The Morgan fingerprint density at radius 3 is 2.57 bits per heavy atom. The highest BCUT2D eigenvalue weighted by Gasteiger charge is 1.85. The lowest BCUT2D eigenvalue weighted by molar-refractivity contribution is 1.41. The molecule has 0 aromatic carbocycles. The number of hydrogen-bond donors (Lipinski definition) is 2. The van der Waals surface area contributed by atoms with Crippen LogP contribution >= 0.6 is 11.6 Å². The topological polar surface area (TPSA) is 41.8 Å². The van der Waals surface area contributed by atoms with E-state index in [1.54, 1.807) is 12.3 Å². The highest BCUT2D eigenvalue weighted by Crippen LogP contribution is 2.08. The summed E-state index contributed by atoms with van der Waals surface area (Å²) in [5.74, 6) is 0. The van der Waals surface area contributed by atoms with Gasteiger partial charge in [0.25, 0.3) is 0 Å². The quantitative estimate of drug-likeness (QED) is 0.526. The summed E-state index contributed by atoms with van der Waals surface area (Å²) in [5, 5.41) is 0.581. The Hall–Kier alpha value is -0.630. The first-order valence-electron chi connectivity index (χ1n) is 1.88. The second-order valence-corrected chi connectivity index (χ2v) is 1.69. The zero-order chi connectivity index (χ0) is 5.28. The number of H-pyrrole nitrogens is 1.